The van der Waals surface area contributed by atoms with Crippen LogP contribution in [0.15, 0.2) is 53.7 Å². The number of amides is 3. The topological polar surface area (TPSA) is 70.2 Å². The number of benzene rings is 2. The number of rotatable bonds is 3. The largest absolute Gasteiger partial charge is 0.327 e. The summed E-state index contributed by atoms with van der Waals surface area (Å²) in [7, 11) is 0. The third kappa shape index (κ3) is 3.58. The Morgan fingerprint density at radius 3 is 2.58 bits per heavy atom. The van der Waals surface area contributed by atoms with Crippen molar-refractivity contribution >= 4 is 29.2 Å². The molecule has 1 atom stereocenters. The third-order valence-electron chi connectivity index (χ3n) is 4.55. The van der Waals surface area contributed by atoms with E-state index in [-0.39, 0.29) is 11.9 Å². The van der Waals surface area contributed by atoms with E-state index in [1.165, 1.54) is 0 Å². The molecule has 0 saturated heterocycles. The minimum absolute atomic E-state index is 0.270. The Morgan fingerprint density at radius 1 is 1.12 bits per heavy atom. The summed E-state index contributed by atoms with van der Waals surface area (Å²) in [5.41, 5.74) is 4.56. The van der Waals surface area contributed by atoms with E-state index in [0.29, 0.717) is 16.3 Å². The first-order chi connectivity index (χ1) is 12.4. The number of aryl methyl sites for hydroxylation is 1. The summed E-state index contributed by atoms with van der Waals surface area (Å²) >= 11 is 6.09. The summed E-state index contributed by atoms with van der Waals surface area (Å²) < 4.78 is 0. The number of allylic oxidation sites excluding steroid dienone is 1. The predicted molar refractivity (Wildman–Crippen MR) is 103 cm³/mol. The molecule has 1 aliphatic heterocycles. The Bertz CT molecular complexity index is 921. The molecule has 1 heterocycles. The fourth-order valence-corrected chi connectivity index (χ4v) is 3.21. The molecular weight excluding hydrogens is 350 g/mol. The van der Waals surface area contributed by atoms with E-state index in [1.807, 2.05) is 38.1 Å². The van der Waals surface area contributed by atoms with Gasteiger partial charge in [-0.3, -0.25) is 4.79 Å². The van der Waals surface area contributed by atoms with Gasteiger partial charge in [0.25, 0.3) is 5.91 Å². The quantitative estimate of drug-likeness (QED) is 0.757. The van der Waals surface area contributed by atoms with Crippen molar-refractivity contribution < 1.29 is 9.59 Å². The monoisotopic (exact) mass is 369 g/mol. The highest BCUT2D eigenvalue weighted by Crippen LogP contribution is 2.29. The zero-order valence-electron chi connectivity index (χ0n) is 14.8. The molecule has 0 bridgehead atoms. The number of anilines is 1. The number of carbonyl (C=O) groups excluding carboxylic acids is 2. The third-order valence-corrected chi connectivity index (χ3v) is 4.78. The van der Waals surface area contributed by atoms with Crippen molar-refractivity contribution in [3.05, 3.63) is 75.4 Å². The molecule has 3 amide bonds. The van der Waals surface area contributed by atoms with Gasteiger partial charge in [0, 0.05) is 16.4 Å². The summed E-state index contributed by atoms with van der Waals surface area (Å²) in [6.07, 6.45) is 0. The van der Waals surface area contributed by atoms with Crippen LogP contribution in [0.25, 0.3) is 0 Å². The first-order valence-corrected chi connectivity index (χ1v) is 8.66. The molecule has 3 N–H and O–H groups in total. The summed E-state index contributed by atoms with van der Waals surface area (Å²) in [6.45, 7) is 5.67. The first-order valence-electron chi connectivity index (χ1n) is 8.28. The van der Waals surface area contributed by atoms with Crippen LogP contribution in [-0.4, -0.2) is 11.9 Å². The van der Waals surface area contributed by atoms with Crippen LogP contribution < -0.4 is 16.0 Å². The summed E-state index contributed by atoms with van der Waals surface area (Å²) in [5, 5.41) is 8.98. The van der Waals surface area contributed by atoms with Gasteiger partial charge in [-0.15, -0.1) is 0 Å². The van der Waals surface area contributed by atoms with Gasteiger partial charge in [0.05, 0.1) is 11.6 Å². The highest BCUT2D eigenvalue weighted by Gasteiger charge is 2.31. The second-order valence-corrected chi connectivity index (χ2v) is 6.76. The van der Waals surface area contributed by atoms with Crippen LogP contribution in [0.3, 0.4) is 0 Å². The van der Waals surface area contributed by atoms with E-state index in [2.05, 4.69) is 16.0 Å². The fraction of sp³-hybridized carbons (Fsp3) is 0.200. The standard InChI is InChI=1S/C20H20ClN3O2/c1-11-6-4-9-16(12(11)2)23-19(25)17-13(3)22-20(26)24-18(17)14-7-5-8-15(21)10-14/h4-10,18H,1-3H3,(H,23,25)(H2,22,24,26)/t18-/m0/s1. The molecule has 0 aromatic heterocycles. The number of hydrogen-bond donors (Lipinski definition) is 3. The Kier molecular flexibility index (Phi) is 5.00. The maximum atomic E-state index is 13.0. The van der Waals surface area contributed by atoms with Crippen LogP contribution in [0.5, 0.6) is 0 Å². The van der Waals surface area contributed by atoms with Gasteiger partial charge in [0.1, 0.15) is 0 Å². The van der Waals surface area contributed by atoms with Crippen molar-refractivity contribution in [2.45, 2.75) is 26.8 Å². The maximum absolute atomic E-state index is 13.0. The van der Waals surface area contributed by atoms with Gasteiger partial charge < -0.3 is 16.0 Å². The van der Waals surface area contributed by atoms with Gasteiger partial charge in [-0.2, -0.15) is 0 Å². The molecule has 6 heteroatoms. The number of halogens is 1. The molecule has 26 heavy (non-hydrogen) atoms. The first kappa shape index (κ1) is 18.0. The molecule has 3 rings (SSSR count). The molecule has 2 aromatic rings. The van der Waals surface area contributed by atoms with E-state index < -0.39 is 6.04 Å². The number of urea groups is 1. The molecule has 0 fully saturated rings. The minimum Gasteiger partial charge on any atom is -0.327 e. The van der Waals surface area contributed by atoms with Crippen LogP contribution in [0.2, 0.25) is 5.02 Å². The van der Waals surface area contributed by atoms with Crippen molar-refractivity contribution in [3.8, 4) is 0 Å². The second-order valence-electron chi connectivity index (χ2n) is 6.33. The Balaban J connectivity index is 1.98. The van der Waals surface area contributed by atoms with Crippen LogP contribution in [0.1, 0.15) is 29.7 Å². The van der Waals surface area contributed by atoms with Crippen molar-refractivity contribution in [2.24, 2.45) is 0 Å². The number of nitrogens with one attached hydrogen (secondary N) is 3. The Morgan fingerprint density at radius 2 is 1.85 bits per heavy atom. The van der Waals surface area contributed by atoms with Crippen molar-refractivity contribution in [2.75, 3.05) is 5.32 Å². The zero-order chi connectivity index (χ0) is 18.8. The van der Waals surface area contributed by atoms with Crippen molar-refractivity contribution in [3.63, 3.8) is 0 Å². The van der Waals surface area contributed by atoms with Crippen LogP contribution >= 0.6 is 11.6 Å². The lowest BCUT2D eigenvalue weighted by molar-refractivity contribution is -0.113. The molecule has 134 valence electrons. The second kappa shape index (κ2) is 7.22. The molecule has 0 aliphatic carbocycles. The molecule has 0 saturated carbocycles. The van der Waals surface area contributed by atoms with E-state index in [1.54, 1.807) is 25.1 Å². The average molecular weight is 370 g/mol. The summed E-state index contributed by atoms with van der Waals surface area (Å²) in [6, 6.07) is 11.9. The lowest BCUT2D eigenvalue weighted by Crippen LogP contribution is -2.46. The van der Waals surface area contributed by atoms with Crippen LogP contribution in [0.4, 0.5) is 10.5 Å². The van der Waals surface area contributed by atoms with E-state index in [4.69, 9.17) is 11.6 Å². The normalized spacial score (nSPS) is 16.8. The maximum Gasteiger partial charge on any atom is 0.319 e. The van der Waals surface area contributed by atoms with E-state index >= 15 is 0 Å². The van der Waals surface area contributed by atoms with E-state index in [0.717, 1.165) is 22.4 Å². The molecular formula is C20H20ClN3O2. The average Bonchev–Trinajstić information content (AvgIpc) is 2.58. The smallest absolute Gasteiger partial charge is 0.319 e. The van der Waals surface area contributed by atoms with Crippen LogP contribution in [-0.2, 0) is 4.79 Å². The van der Waals surface area contributed by atoms with Crippen molar-refractivity contribution in [1.82, 2.24) is 10.6 Å². The van der Waals surface area contributed by atoms with Gasteiger partial charge in [-0.05, 0) is 55.7 Å². The summed E-state index contributed by atoms with van der Waals surface area (Å²) in [5.74, 6) is -0.270. The SMILES string of the molecule is CC1=C(C(=O)Nc2cccc(C)c2C)[C@H](c2cccc(Cl)c2)NC(=O)N1. The molecule has 5 nitrogen and oxygen atoms in total. The van der Waals surface area contributed by atoms with Crippen molar-refractivity contribution in [1.29, 1.82) is 0 Å². The molecule has 2 aromatic carbocycles. The Labute approximate surface area is 157 Å². The van der Waals surface area contributed by atoms with Gasteiger partial charge in [0.15, 0.2) is 0 Å². The lowest BCUT2D eigenvalue weighted by Gasteiger charge is -2.29. The zero-order valence-corrected chi connectivity index (χ0v) is 15.6. The highest BCUT2D eigenvalue weighted by molar-refractivity contribution is 6.30. The number of carbonyl (C=O) groups is 2. The lowest BCUT2D eigenvalue weighted by atomic mass is 9.94. The van der Waals surface area contributed by atoms with Gasteiger partial charge >= 0.3 is 6.03 Å². The minimum atomic E-state index is -0.576. The molecule has 0 spiro atoms. The molecule has 0 unspecified atom stereocenters. The highest BCUT2D eigenvalue weighted by atomic mass is 35.5. The predicted octanol–water partition coefficient (Wildman–Crippen LogP) is 4.22. The summed E-state index contributed by atoms with van der Waals surface area (Å²) in [4.78, 5) is 25.0. The molecule has 0 radical (unpaired) electrons. The van der Waals surface area contributed by atoms with Gasteiger partial charge in [-0.25, -0.2) is 4.79 Å². The van der Waals surface area contributed by atoms with Gasteiger partial charge in [0.2, 0.25) is 0 Å². The number of hydrogen-bond acceptors (Lipinski definition) is 2. The fourth-order valence-electron chi connectivity index (χ4n) is 3.01. The molecule has 1 aliphatic rings. The van der Waals surface area contributed by atoms with Gasteiger partial charge in [-0.1, -0.05) is 35.9 Å². The van der Waals surface area contributed by atoms with Crippen LogP contribution in [0, 0.1) is 13.8 Å². The van der Waals surface area contributed by atoms with E-state index in [9.17, 15) is 9.59 Å². The Hall–Kier alpha value is -2.79.